The SMILES string of the molecule is COC(=O)c1cc(OC)c2c(cnn2C)c1. The molecule has 0 N–H and O–H groups in total. The van der Waals surface area contributed by atoms with Gasteiger partial charge in [-0.25, -0.2) is 4.79 Å². The number of hydrogen-bond donors (Lipinski definition) is 0. The summed E-state index contributed by atoms with van der Waals surface area (Å²) in [5.74, 6) is 0.224. The minimum atomic E-state index is -0.385. The number of esters is 1. The van der Waals surface area contributed by atoms with Crippen molar-refractivity contribution in [3.8, 4) is 5.75 Å². The van der Waals surface area contributed by atoms with Gasteiger partial charge < -0.3 is 9.47 Å². The zero-order valence-corrected chi connectivity index (χ0v) is 9.35. The highest BCUT2D eigenvalue weighted by Crippen LogP contribution is 2.27. The van der Waals surface area contributed by atoms with E-state index in [1.807, 2.05) is 7.05 Å². The van der Waals surface area contributed by atoms with E-state index in [1.165, 1.54) is 7.11 Å². The Morgan fingerprint density at radius 1 is 1.38 bits per heavy atom. The molecule has 0 amide bonds. The molecule has 2 rings (SSSR count). The van der Waals surface area contributed by atoms with Crippen molar-refractivity contribution >= 4 is 16.9 Å². The van der Waals surface area contributed by atoms with Gasteiger partial charge in [-0.05, 0) is 12.1 Å². The molecule has 0 fully saturated rings. The number of aromatic nitrogens is 2. The molecule has 1 aromatic carbocycles. The van der Waals surface area contributed by atoms with Crippen LogP contribution in [0.4, 0.5) is 0 Å². The quantitative estimate of drug-likeness (QED) is 0.717. The third-order valence-electron chi connectivity index (χ3n) is 2.44. The van der Waals surface area contributed by atoms with Crippen LogP contribution in [-0.4, -0.2) is 30.0 Å². The summed E-state index contributed by atoms with van der Waals surface area (Å²) < 4.78 is 11.6. The monoisotopic (exact) mass is 220 g/mol. The molecular formula is C11H12N2O3. The Balaban J connectivity index is 2.69. The van der Waals surface area contributed by atoms with E-state index in [-0.39, 0.29) is 5.97 Å². The van der Waals surface area contributed by atoms with E-state index < -0.39 is 0 Å². The first-order valence-corrected chi connectivity index (χ1v) is 4.75. The maximum Gasteiger partial charge on any atom is 0.338 e. The summed E-state index contributed by atoms with van der Waals surface area (Å²) in [5.41, 5.74) is 1.31. The Bertz CT molecular complexity index is 545. The molecule has 0 spiro atoms. The maximum atomic E-state index is 11.4. The van der Waals surface area contributed by atoms with Crippen molar-refractivity contribution in [3.63, 3.8) is 0 Å². The average molecular weight is 220 g/mol. The second-order valence-electron chi connectivity index (χ2n) is 3.38. The summed E-state index contributed by atoms with van der Waals surface area (Å²) in [6.07, 6.45) is 1.68. The van der Waals surface area contributed by atoms with E-state index in [4.69, 9.17) is 4.74 Å². The number of nitrogens with zero attached hydrogens (tertiary/aromatic N) is 2. The zero-order valence-electron chi connectivity index (χ0n) is 9.35. The summed E-state index contributed by atoms with van der Waals surface area (Å²) in [7, 11) is 4.73. The van der Waals surface area contributed by atoms with E-state index in [1.54, 1.807) is 30.1 Å². The number of carbonyl (C=O) groups excluding carboxylic acids is 1. The second-order valence-corrected chi connectivity index (χ2v) is 3.38. The molecule has 1 heterocycles. The highest BCUT2D eigenvalue weighted by Gasteiger charge is 2.13. The van der Waals surface area contributed by atoms with Crippen LogP contribution in [0.15, 0.2) is 18.3 Å². The van der Waals surface area contributed by atoms with Gasteiger partial charge in [0, 0.05) is 12.4 Å². The largest absolute Gasteiger partial charge is 0.494 e. The summed E-state index contributed by atoms with van der Waals surface area (Å²) in [5, 5.41) is 4.96. The molecule has 1 aromatic heterocycles. The lowest BCUT2D eigenvalue weighted by Gasteiger charge is -2.06. The number of methoxy groups -OCH3 is 2. The molecule has 0 saturated heterocycles. The number of benzene rings is 1. The molecule has 0 bridgehead atoms. The molecule has 0 unspecified atom stereocenters. The Labute approximate surface area is 92.6 Å². The Hall–Kier alpha value is -2.04. The van der Waals surface area contributed by atoms with Crippen molar-refractivity contribution < 1.29 is 14.3 Å². The second kappa shape index (κ2) is 3.84. The molecule has 2 aromatic rings. The number of aryl methyl sites for hydroxylation is 1. The van der Waals surface area contributed by atoms with Gasteiger partial charge >= 0.3 is 5.97 Å². The van der Waals surface area contributed by atoms with Crippen LogP contribution in [0.3, 0.4) is 0 Å². The molecule has 16 heavy (non-hydrogen) atoms. The summed E-state index contributed by atoms with van der Waals surface area (Å²) in [6, 6.07) is 3.38. The first-order chi connectivity index (χ1) is 7.67. The molecule has 0 aliphatic carbocycles. The highest BCUT2D eigenvalue weighted by atomic mass is 16.5. The van der Waals surface area contributed by atoms with Crippen LogP contribution >= 0.6 is 0 Å². The van der Waals surface area contributed by atoms with Gasteiger partial charge in [0.25, 0.3) is 0 Å². The first-order valence-electron chi connectivity index (χ1n) is 4.75. The third-order valence-corrected chi connectivity index (χ3v) is 2.44. The van der Waals surface area contributed by atoms with Crippen LogP contribution in [0, 0.1) is 0 Å². The fourth-order valence-corrected chi connectivity index (χ4v) is 1.67. The van der Waals surface area contributed by atoms with Gasteiger partial charge in [-0.3, -0.25) is 4.68 Å². The number of hydrogen-bond acceptors (Lipinski definition) is 4. The molecule has 0 radical (unpaired) electrons. The van der Waals surface area contributed by atoms with Gasteiger partial charge in [0.2, 0.25) is 0 Å². The van der Waals surface area contributed by atoms with Crippen molar-refractivity contribution in [1.82, 2.24) is 9.78 Å². The van der Waals surface area contributed by atoms with E-state index in [9.17, 15) is 4.79 Å². The Morgan fingerprint density at radius 3 is 2.75 bits per heavy atom. The lowest BCUT2D eigenvalue weighted by atomic mass is 10.1. The Morgan fingerprint density at radius 2 is 2.12 bits per heavy atom. The van der Waals surface area contributed by atoms with E-state index >= 15 is 0 Å². The van der Waals surface area contributed by atoms with Crippen LogP contribution in [-0.2, 0) is 11.8 Å². The van der Waals surface area contributed by atoms with Crippen molar-refractivity contribution in [1.29, 1.82) is 0 Å². The lowest BCUT2D eigenvalue weighted by molar-refractivity contribution is 0.0600. The van der Waals surface area contributed by atoms with Crippen LogP contribution in [0.2, 0.25) is 0 Å². The van der Waals surface area contributed by atoms with Crippen LogP contribution in [0.1, 0.15) is 10.4 Å². The number of fused-ring (bicyclic) bond motifs is 1. The molecule has 84 valence electrons. The van der Waals surface area contributed by atoms with Crippen molar-refractivity contribution in [3.05, 3.63) is 23.9 Å². The maximum absolute atomic E-state index is 11.4. The normalized spacial score (nSPS) is 10.4. The lowest BCUT2D eigenvalue weighted by Crippen LogP contribution is -2.02. The van der Waals surface area contributed by atoms with E-state index in [0.29, 0.717) is 11.3 Å². The van der Waals surface area contributed by atoms with Crippen molar-refractivity contribution in [2.24, 2.45) is 7.05 Å². The van der Waals surface area contributed by atoms with Gasteiger partial charge in [0.05, 0.1) is 26.0 Å². The van der Waals surface area contributed by atoms with Crippen LogP contribution in [0.5, 0.6) is 5.75 Å². The van der Waals surface area contributed by atoms with Gasteiger partial charge in [-0.1, -0.05) is 0 Å². The molecular weight excluding hydrogens is 208 g/mol. The van der Waals surface area contributed by atoms with Gasteiger partial charge in [0.1, 0.15) is 11.3 Å². The minimum Gasteiger partial charge on any atom is -0.494 e. The summed E-state index contributed by atoms with van der Waals surface area (Å²) >= 11 is 0. The van der Waals surface area contributed by atoms with Crippen LogP contribution in [0.25, 0.3) is 10.9 Å². The summed E-state index contributed by atoms with van der Waals surface area (Å²) in [4.78, 5) is 11.4. The number of ether oxygens (including phenoxy) is 2. The van der Waals surface area contributed by atoms with Crippen molar-refractivity contribution in [2.75, 3.05) is 14.2 Å². The summed E-state index contributed by atoms with van der Waals surface area (Å²) in [6.45, 7) is 0. The van der Waals surface area contributed by atoms with Crippen LogP contribution < -0.4 is 4.74 Å². The van der Waals surface area contributed by atoms with E-state index in [2.05, 4.69) is 9.84 Å². The zero-order chi connectivity index (χ0) is 11.7. The number of carbonyl (C=O) groups is 1. The van der Waals surface area contributed by atoms with Gasteiger partial charge in [-0.2, -0.15) is 5.10 Å². The van der Waals surface area contributed by atoms with Gasteiger partial charge in [0.15, 0.2) is 0 Å². The minimum absolute atomic E-state index is 0.385. The van der Waals surface area contributed by atoms with E-state index in [0.717, 1.165) is 10.9 Å². The smallest absolute Gasteiger partial charge is 0.338 e. The number of rotatable bonds is 2. The standard InChI is InChI=1S/C11H12N2O3/c1-13-10-8(6-12-13)4-7(11(14)16-3)5-9(10)15-2/h4-6H,1-3H3. The predicted molar refractivity (Wildman–Crippen MR) is 58.6 cm³/mol. The first kappa shape index (κ1) is 10.5. The topological polar surface area (TPSA) is 53.4 Å². The highest BCUT2D eigenvalue weighted by molar-refractivity contribution is 5.97. The molecule has 0 saturated carbocycles. The van der Waals surface area contributed by atoms with Gasteiger partial charge in [-0.15, -0.1) is 0 Å². The molecule has 5 heteroatoms. The molecule has 5 nitrogen and oxygen atoms in total. The van der Waals surface area contributed by atoms with Crippen molar-refractivity contribution in [2.45, 2.75) is 0 Å². The predicted octanol–water partition coefficient (Wildman–Crippen LogP) is 1.37. The molecule has 0 aliphatic heterocycles. The molecule has 0 atom stereocenters. The fraction of sp³-hybridized carbons (Fsp3) is 0.273. The average Bonchev–Trinajstić information content (AvgIpc) is 2.69. The Kier molecular flexibility index (Phi) is 2.52. The fourth-order valence-electron chi connectivity index (χ4n) is 1.67. The third kappa shape index (κ3) is 1.50. The molecule has 0 aliphatic rings.